The van der Waals surface area contributed by atoms with E-state index in [0.29, 0.717) is 23.6 Å². The van der Waals surface area contributed by atoms with E-state index in [1.807, 2.05) is 38.1 Å². The van der Waals surface area contributed by atoms with Crippen molar-refractivity contribution in [1.29, 1.82) is 0 Å². The smallest absolute Gasteiger partial charge is 0.244 e. The van der Waals surface area contributed by atoms with Crippen molar-refractivity contribution in [1.82, 2.24) is 5.32 Å². The number of hydrogen-bond donors (Lipinski definition) is 1. The molecule has 164 valence electrons. The van der Waals surface area contributed by atoms with Crippen LogP contribution in [0.3, 0.4) is 0 Å². The molecule has 7 nitrogen and oxygen atoms in total. The third-order valence-electron chi connectivity index (χ3n) is 4.55. The Kier molecular flexibility index (Phi) is 8.11. The van der Waals surface area contributed by atoms with Crippen LogP contribution in [-0.4, -0.2) is 46.4 Å². The molecule has 0 spiro atoms. The summed E-state index contributed by atoms with van der Waals surface area (Å²) in [5.41, 5.74) is 1.51. The Morgan fingerprint density at radius 1 is 1.13 bits per heavy atom. The monoisotopic (exact) mass is 434 g/mol. The molecule has 0 fully saturated rings. The number of aryl methyl sites for hydroxylation is 1. The van der Waals surface area contributed by atoms with Gasteiger partial charge < -0.3 is 14.8 Å². The Balaban J connectivity index is 2.13. The summed E-state index contributed by atoms with van der Waals surface area (Å²) in [7, 11) is -2.21. The molecule has 2 rings (SSSR count). The van der Waals surface area contributed by atoms with Gasteiger partial charge >= 0.3 is 0 Å². The van der Waals surface area contributed by atoms with Gasteiger partial charge in [0, 0.05) is 6.07 Å². The highest BCUT2D eigenvalue weighted by molar-refractivity contribution is 7.92. The van der Waals surface area contributed by atoms with E-state index in [1.54, 1.807) is 31.2 Å². The molecule has 0 saturated heterocycles. The van der Waals surface area contributed by atoms with E-state index >= 15 is 0 Å². The normalized spacial score (nSPS) is 13.2. The van der Waals surface area contributed by atoms with Crippen molar-refractivity contribution >= 4 is 21.6 Å². The van der Waals surface area contributed by atoms with Gasteiger partial charge in [-0.3, -0.25) is 9.10 Å². The van der Waals surface area contributed by atoms with Gasteiger partial charge in [0.2, 0.25) is 15.9 Å². The molecule has 8 heteroatoms. The maximum absolute atomic E-state index is 13.0. The fraction of sp³-hybridized carbons (Fsp3) is 0.409. The minimum atomic E-state index is -3.71. The molecular weight excluding hydrogens is 404 g/mol. The highest BCUT2D eigenvalue weighted by Crippen LogP contribution is 2.26. The molecule has 0 aliphatic carbocycles. The fourth-order valence-corrected chi connectivity index (χ4v) is 4.25. The van der Waals surface area contributed by atoms with Crippen LogP contribution in [-0.2, 0) is 14.8 Å². The van der Waals surface area contributed by atoms with Gasteiger partial charge in [-0.05, 0) is 44.5 Å². The first kappa shape index (κ1) is 23.5. The topological polar surface area (TPSA) is 84.9 Å². The van der Waals surface area contributed by atoms with Gasteiger partial charge in [0.15, 0.2) is 0 Å². The molecule has 0 heterocycles. The quantitative estimate of drug-likeness (QED) is 0.621. The van der Waals surface area contributed by atoms with Crippen molar-refractivity contribution in [3.63, 3.8) is 0 Å². The van der Waals surface area contributed by atoms with Crippen molar-refractivity contribution in [3.05, 3.63) is 54.1 Å². The van der Waals surface area contributed by atoms with E-state index in [0.717, 1.165) is 16.1 Å². The maximum atomic E-state index is 13.0. The summed E-state index contributed by atoms with van der Waals surface area (Å²) in [6.45, 7) is 5.85. The van der Waals surface area contributed by atoms with Gasteiger partial charge in [-0.15, -0.1) is 0 Å². The Morgan fingerprint density at radius 2 is 1.80 bits per heavy atom. The number of nitrogens with zero attached hydrogens (tertiary/aromatic N) is 1. The van der Waals surface area contributed by atoms with E-state index in [4.69, 9.17) is 9.47 Å². The number of rotatable bonds is 10. The Labute approximate surface area is 179 Å². The Morgan fingerprint density at radius 3 is 2.37 bits per heavy atom. The predicted octanol–water partition coefficient (Wildman–Crippen LogP) is 3.13. The highest BCUT2D eigenvalue weighted by Gasteiger charge is 2.32. The number of carbonyl (C=O) groups excluding carboxylic acids is 1. The van der Waals surface area contributed by atoms with Crippen molar-refractivity contribution in [2.75, 3.05) is 24.3 Å². The van der Waals surface area contributed by atoms with Crippen molar-refractivity contribution in [2.24, 2.45) is 0 Å². The summed E-state index contributed by atoms with van der Waals surface area (Å²) in [4.78, 5) is 13.0. The minimum Gasteiger partial charge on any atom is -0.497 e. The molecule has 0 aromatic heterocycles. The number of methoxy groups -OCH3 is 1. The van der Waals surface area contributed by atoms with Crippen molar-refractivity contribution in [2.45, 2.75) is 39.3 Å². The standard InChI is InChI=1S/C22H30N2O5S/c1-6-21(24(30(5,26)27)18-8-7-9-20(14-18)28-4)22(25)23-17(3)15-29-19-12-10-16(2)11-13-19/h7-14,17,21H,6,15H2,1-5H3,(H,23,25). The first-order valence-electron chi connectivity index (χ1n) is 9.79. The molecule has 0 aliphatic heterocycles. The van der Waals surface area contributed by atoms with E-state index in [9.17, 15) is 13.2 Å². The van der Waals surface area contributed by atoms with Crippen LogP contribution in [0.15, 0.2) is 48.5 Å². The highest BCUT2D eigenvalue weighted by atomic mass is 32.2. The lowest BCUT2D eigenvalue weighted by molar-refractivity contribution is -0.123. The number of carbonyl (C=O) groups is 1. The summed E-state index contributed by atoms with van der Waals surface area (Å²) >= 11 is 0. The summed E-state index contributed by atoms with van der Waals surface area (Å²) in [6, 6.07) is 13.1. The molecule has 2 atom stereocenters. The molecule has 2 unspecified atom stereocenters. The third kappa shape index (κ3) is 6.38. The van der Waals surface area contributed by atoms with E-state index in [1.165, 1.54) is 7.11 Å². The van der Waals surface area contributed by atoms with Crippen LogP contribution in [0, 0.1) is 6.92 Å². The molecular formula is C22H30N2O5S. The van der Waals surface area contributed by atoms with Crippen molar-refractivity contribution in [3.8, 4) is 11.5 Å². The number of ether oxygens (including phenoxy) is 2. The van der Waals surface area contributed by atoms with E-state index < -0.39 is 16.1 Å². The van der Waals surface area contributed by atoms with Crippen LogP contribution in [0.5, 0.6) is 11.5 Å². The van der Waals surface area contributed by atoms with E-state index in [-0.39, 0.29) is 18.6 Å². The zero-order valence-corrected chi connectivity index (χ0v) is 18.9. The second-order valence-electron chi connectivity index (χ2n) is 7.22. The Hall–Kier alpha value is -2.74. The van der Waals surface area contributed by atoms with Crippen LogP contribution in [0.2, 0.25) is 0 Å². The molecule has 1 amide bonds. The van der Waals surface area contributed by atoms with E-state index in [2.05, 4.69) is 5.32 Å². The summed E-state index contributed by atoms with van der Waals surface area (Å²) in [5, 5.41) is 2.86. The van der Waals surface area contributed by atoms with Crippen LogP contribution in [0.1, 0.15) is 25.8 Å². The largest absolute Gasteiger partial charge is 0.497 e. The molecule has 30 heavy (non-hydrogen) atoms. The zero-order valence-electron chi connectivity index (χ0n) is 18.1. The van der Waals surface area contributed by atoms with Gasteiger partial charge in [0.05, 0.1) is 25.1 Å². The minimum absolute atomic E-state index is 0.267. The molecule has 0 saturated carbocycles. The number of hydrogen-bond acceptors (Lipinski definition) is 5. The zero-order chi connectivity index (χ0) is 22.3. The van der Waals surface area contributed by atoms with Gasteiger partial charge in [0.25, 0.3) is 0 Å². The van der Waals surface area contributed by atoms with Gasteiger partial charge in [-0.25, -0.2) is 8.42 Å². The van der Waals surface area contributed by atoms with Gasteiger partial charge in [0.1, 0.15) is 24.1 Å². The molecule has 2 aromatic rings. The predicted molar refractivity (Wildman–Crippen MR) is 119 cm³/mol. The van der Waals surface area contributed by atoms with Crippen LogP contribution >= 0.6 is 0 Å². The number of amides is 1. The average molecular weight is 435 g/mol. The molecule has 2 aromatic carbocycles. The lowest BCUT2D eigenvalue weighted by atomic mass is 10.1. The SMILES string of the molecule is CCC(C(=O)NC(C)COc1ccc(C)cc1)N(c1cccc(OC)c1)S(C)(=O)=O. The Bertz CT molecular complexity index is 944. The lowest BCUT2D eigenvalue weighted by Gasteiger charge is -2.31. The average Bonchev–Trinajstić information content (AvgIpc) is 2.70. The maximum Gasteiger partial charge on any atom is 0.244 e. The lowest BCUT2D eigenvalue weighted by Crippen LogP contribution is -2.52. The molecule has 0 aliphatic rings. The summed E-state index contributed by atoms with van der Waals surface area (Å²) < 4.78 is 37.1. The van der Waals surface area contributed by atoms with Crippen LogP contribution < -0.4 is 19.1 Å². The second-order valence-corrected chi connectivity index (χ2v) is 9.08. The number of anilines is 1. The molecule has 1 N–H and O–H groups in total. The number of benzene rings is 2. The first-order chi connectivity index (χ1) is 14.2. The van der Waals surface area contributed by atoms with Gasteiger partial charge in [-0.2, -0.15) is 0 Å². The molecule has 0 radical (unpaired) electrons. The summed E-state index contributed by atoms with van der Waals surface area (Å²) in [5.74, 6) is 0.838. The second kappa shape index (κ2) is 10.3. The number of nitrogens with one attached hydrogen (secondary N) is 1. The molecule has 0 bridgehead atoms. The van der Waals surface area contributed by atoms with Crippen LogP contribution in [0.25, 0.3) is 0 Å². The fourth-order valence-electron chi connectivity index (χ4n) is 3.04. The van der Waals surface area contributed by atoms with Crippen molar-refractivity contribution < 1.29 is 22.7 Å². The summed E-state index contributed by atoms with van der Waals surface area (Å²) in [6.07, 6.45) is 1.40. The third-order valence-corrected chi connectivity index (χ3v) is 5.73. The van der Waals surface area contributed by atoms with Gasteiger partial charge in [-0.1, -0.05) is 30.7 Å². The van der Waals surface area contributed by atoms with Crippen LogP contribution in [0.4, 0.5) is 5.69 Å². The first-order valence-corrected chi connectivity index (χ1v) is 11.6. The number of sulfonamides is 1.